The Morgan fingerprint density at radius 1 is 1.04 bits per heavy atom. The molecule has 140 valence electrons. The van der Waals surface area contributed by atoms with E-state index in [1.165, 1.54) is 11.8 Å². The first-order valence-corrected chi connectivity index (χ1v) is 9.35. The van der Waals surface area contributed by atoms with Crippen LogP contribution in [0.1, 0.15) is 5.56 Å². The predicted molar refractivity (Wildman–Crippen MR) is 99.8 cm³/mol. The van der Waals surface area contributed by atoms with Crippen LogP contribution in [0, 0.1) is 6.92 Å². The van der Waals surface area contributed by atoms with Gasteiger partial charge in [0.1, 0.15) is 0 Å². The molecule has 1 aliphatic heterocycles. The van der Waals surface area contributed by atoms with Crippen LogP contribution in [0.4, 0.5) is 0 Å². The highest BCUT2D eigenvalue weighted by atomic mass is 32.2. The molecule has 0 atom stereocenters. The zero-order valence-electron chi connectivity index (χ0n) is 14.9. The van der Waals surface area contributed by atoms with Gasteiger partial charge in [0.15, 0.2) is 23.0 Å². The molecule has 1 aliphatic rings. The number of ether oxygens (including phenoxy) is 4. The number of nitrogens with zero attached hydrogens (tertiary/aromatic N) is 2. The van der Waals surface area contributed by atoms with Crippen molar-refractivity contribution in [3.63, 3.8) is 0 Å². The molecule has 0 aliphatic carbocycles. The van der Waals surface area contributed by atoms with Crippen LogP contribution in [0.2, 0.25) is 0 Å². The first kappa shape index (κ1) is 17.5. The van der Waals surface area contributed by atoms with Crippen LogP contribution in [0.5, 0.6) is 23.0 Å². The van der Waals surface area contributed by atoms with Crippen molar-refractivity contribution >= 4 is 11.8 Å². The molecule has 2 heterocycles. The van der Waals surface area contributed by atoms with E-state index in [1.54, 1.807) is 7.11 Å². The molecule has 3 aromatic rings. The molecule has 0 N–H and O–H groups in total. The first-order valence-electron chi connectivity index (χ1n) is 8.37. The number of thioether (sulfide) groups is 1. The van der Waals surface area contributed by atoms with Crippen LogP contribution in [0.3, 0.4) is 0 Å². The van der Waals surface area contributed by atoms with Crippen LogP contribution in [-0.2, 0) is 0 Å². The summed E-state index contributed by atoms with van der Waals surface area (Å²) in [5.74, 6) is 3.95. The summed E-state index contributed by atoms with van der Waals surface area (Å²) in [6.45, 7) is 2.73. The van der Waals surface area contributed by atoms with Gasteiger partial charge in [-0.2, -0.15) is 0 Å². The van der Waals surface area contributed by atoms with Gasteiger partial charge < -0.3 is 23.4 Å². The predicted octanol–water partition coefficient (Wildman–Crippen LogP) is 3.95. The molecule has 27 heavy (non-hydrogen) atoms. The summed E-state index contributed by atoms with van der Waals surface area (Å²) in [7, 11) is 1.63. The Morgan fingerprint density at radius 3 is 2.81 bits per heavy atom. The number of hydrogen-bond donors (Lipinski definition) is 0. The summed E-state index contributed by atoms with van der Waals surface area (Å²) in [6, 6.07) is 11.4. The van der Waals surface area contributed by atoms with Gasteiger partial charge >= 0.3 is 0 Å². The van der Waals surface area contributed by atoms with Crippen molar-refractivity contribution in [1.29, 1.82) is 0 Å². The fraction of sp³-hybridized carbons (Fsp3) is 0.263. The Bertz CT molecular complexity index is 944. The summed E-state index contributed by atoms with van der Waals surface area (Å²) in [4.78, 5) is 0. The van der Waals surface area contributed by atoms with E-state index in [0.29, 0.717) is 29.2 Å². The quantitative estimate of drug-likeness (QED) is 0.446. The van der Waals surface area contributed by atoms with E-state index in [9.17, 15) is 0 Å². The Hall–Kier alpha value is -2.87. The maximum Gasteiger partial charge on any atom is 0.276 e. The average Bonchev–Trinajstić information content (AvgIpc) is 3.34. The molecule has 8 heteroatoms. The molecule has 0 amide bonds. The van der Waals surface area contributed by atoms with E-state index in [-0.39, 0.29) is 6.79 Å². The molecular formula is C19H18N2O5S. The molecule has 1 aromatic heterocycles. The van der Waals surface area contributed by atoms with Crippen LogP contribution in [-0.4, -0.2) is 36.5 Å². The van der Waals surface area contributed by atoms with Crippen molar-refractivity contribution < 1.29 is 23.4 Å². The number of aryl methyl sites for hydroxylation is 1. The molecular weight excluding hydrogens is 368 g/mol. The first-order chi connectivity index (χ1) is 13.2. The molecule has 0 bridgehead atoms. The van der Waals surface area contributed by atoms with Gasteiger partial charge in [0.05, 0.1) is 13.7 Å². The van der Waals surface area contributed by atoms with Crippen molar-refractivity contribution in [1.82, 2.24) is 10.2 Å². The maximum atomic E-state index is 5.78. The largest absolute Gasteiger partial charge is 0.493 e. The lowest BCUT2D eigenvalue weighted by Crippen LogP contribution is -2.01. The second-order valence-corrected chi connectivity index (χ2v) is 6.84. The van der Waals surface area contributed by atoms with E-state index in [1.807, 2.05) is 43.3 Å². The Balaban J connectivity index is 1.32. The minimum Gasteiger partial charge on any atom is -0.493 e. The van der Waals surface area contributed by atoms with E-state index in [2.05, 4.69) is 10.2 Å². The molecule has 0 radical (unpaired) electrons. The maximum absolute atomic E-state index is 5.78. The van der Waals surface area contributed by atoms with Gasteiger partial charge in [0.2, 0.25) is 12.7 Å². The number of rotatable bonds is 7. The SMILES string of the molecule is COc1cc(C)ccc1OCCSc1nnc(-c2ccc3c(c2)OCO3)o1. The number of aromatic nitrogens is 2. The molecule has 0 unspecified atom stereocenters. The highest BCUT2D eigenvalue weighted by Crippen LogP contribution is 2.36. The Labute approximate surface area is 160 Å². The van der Waals surface area contributed by atoms with Crippen LogP contribution in [0.15, 0.2) is 46.0 Å². The second-order valence-electron chi connectivity index (χ2n) is 5.79. The van der Waals surface area contributed by atoms with Gasteiger partial charge in [-0.3, -0.25) is 0 Å². The number of benzene rings is 2. The van der Waals surface area contributed by atoms with E-state index in [0.717, 1.165) is 28.4 Å². The van der Waals surface area contributed by atoms with Crippen LogP contribution >= 0.6 is 11.8 Å². The van der Waals surface area contributed by atoms with Crippen molar-refractivity contribution in [2.75, 3.05) is 26.3 Å². The molecule has 0 saturated heterocycles. The molecule has 0 fully saturated rings. The lowest BCUT2D eigenvalue weighted by molar-refractivity contribution is 0.174. The third-order valence-electron chi connectivity index (χ3n) is 3.91. The van der Waals surface area contributed by atoms with Gasteiger partial charge in [-0.05, 0) is 42.8 Å². The fourth-order valence-electron chi connectivity index (χ4n) is 2.59. The highest BCUT2D eigenvalue weighted by Gasteiger charge is 2.16. The van der Waals surface area contributed by atoms with Gasteiger partial charge in [0, 0.05) is 11.3 Å². The van der Waals surface area contributed by atoms with Crippen molar-refractivity contribution in [3.05, 3.63) is 42.0 Å². The smallest absolute Gasteiger partial charge is 0.276 e. The van der Waals surface area contributed by atoms with Gasteiger partial charge in [-0.25, -0.2) is 0 Å². The zero-order valence-corrected chi connectivity index (χ0v) is 15.7. The highest BCUT2D eigenvalue weighted by molar-refractivity contribution is 7.99. The van der Waals surface area contributed by atoms with Gasteiger partial charge in [0.25, 0.3) is 5.22 Å². The van der Waals surface area contributed by atoms with Crippen LogP contribution in [0.25, 0.3) is 11.5 Å². The monoisotopic (exact) mass is 386 g/mol. The number of fused-ring (bicyclic) bond motifs is 1. The summed E-state index contributed by atoms with van der Waals surface area (Å²) in [5.41, 5.74) is 1.91. The Kier molecular flexibility index (Phi) is 5.06. The third kappa shape index (κ3) is 3.95. The van der Waals surface area contributed by atoms with E-state index in [4.69, 9.17) is 23.4 Å². The molecule has 2 aromatic carbocycles. The summed E-state index contributed by atoms with van der Waals surface area (Å²) >= 11 is 1.44. The van der Waals surface area contributed by atoms with Crippen molar-refractivity contribution in [2.45, 2.75) is 12.1 Å². The molecule has 0 saturated carbocycles. The van der Waals surface area contributed by atoms with Gasteiger partial charge in [-0.15, -0.1) is 10.2 Å². The fourth-order valence-corrected chi connectivity index (χ4v) is 3.17. The lowest BCUT2D eigenvalue weighted by atomic mass is 10.2. The Morgan fingerprint density at radius 2 is 1.93 bits per heavy atom. The number of hydrogen-bond acceptors (Lipinski definition) is 8. The molecule has 7 nitrogen and oxygen atoms in total. The standard InChI is InChI=1S/C19H18N2O5S/c1-12-3-5-14(16(9-12)22-2)23-7-8-27-19-21-20-18(26-19)13-4-6-15-17(10-13)25-11-24-15/h3-6,9-10H,7-8,11H2,1-2H3. The zero-order chi connectivity index (χ0) is 18.6. The topological polar surface area (TPSA) is 75.8 Å². The van der Waals surface area contributed by atoms with Crippen LogP contribution < -0.4 is 18.9 Å². The van der Waals surface area contributed by atoms with Crippen molar-refractivity contribution in [2.24, 2.45) is 0 Å². The average molecular weight is 386 g/mol. The molecule has 4 rings (SSSR count). The van der Waals surface area contributed by atoms with E-state index < -0.39 is 0 Å². The number of methoxy groups -OCH3 is 1. The minimum atomic E-state index is 0.232. The van der Waals surface area contributed by atoms with Crippen molar-refractivity contribution in [3.8, 4) is 34.5 Å². The van der Waals surface area contributed by atoms with E-state index >= 15 is 0 Å². The second kappa shape index (κ2) is 7.79. The summed E-state index contributed by atoms with van der Waals surface area (Å²) in [5, 5.41) is 8.65. The third-order valence-corrected chi connectivity index (χ3v) is 4.69. The summed E-state index contributed by atoms with van der Waals surface area (Å²) in [6.07, 6.45) is 0. The van der Waals surface area contributed by atoms with Gasteiger partial charge in [-0.1, -0.05) is 17.8 Å². The normalized spacial score (nSPS) is 12.2. The lowest BCUT2D eigenvalue weighted by Gasteiger charge is -2.10. The molecule has 0 spiro atoms. The summed E-state index contributed by atoms with van der Waals surface area (Å²) < 4.78 is 27.5. The minimum absolute atomic E-state index is 0.232.